The van der Waals surface area contributed by atoms with E-state index in [0.29, 0.717) is 25.7 Å². The second-order valence-electron chi connectivity index (χ2n) is 6.94. The van der Waals surface area contributed by atoms with Crippen LogP contribution in [-0.4, -0.2) is 59.0 Å². The standard InChI is InChI=1S/C21H29N5O4S.HI/c1-26(2)20(27)16-25-21(23-13-6-14-30-18-7-4-3-5-8-18)24-15-17-9-11-19(12-10-17)31(22,28)29;/h3-5,7-12H,6,13-16H2,1-2H3,(H2,22,28,29)(H2,23,24,25);1H. The van der Waals surface area contributed by atoms with E-state index in [-0.39, 0.29) is 41.3 Å². The summed E-state index contributed by atoms with van der Waals surface area (Å²) in [6.07, 6.45) is 0.736. The lowest BCUT2D eigenvalue weighted by Gasteiger charge is -2.15. The molecule has 0 aliphatic carbocycles. The quantitative estimate of drug-likeness (QED) is 0.171. The zero-order valence-electron chi connectivity index (χ0n) is 18.2. The van der Waals surface area contributed by atoms with Crippen molar-refractivity contribution in [2.24, 2.45) is 10.1 Å². The molecule has 0 bridgehead atoms. The SMILES string of the molecule is CN(C)C(=O)CNC(=NCc1ccc(S(N)(=O)=O)cc1)NCCCOc1ccccc1.I. The molecule has 11 heteroatoms. The van der Waals surface area contributed by atoms with Crippen molar-refractivity contribution in [3.8, 4) is 5.75 Å². The maximum Gasteiger partial charge on any atom is 0.241 e. The first-order valence-electron chi connectivity index (χ1n) is 9.77. The number of nitrogens with zero attached hydrogens (tertiary/aromatic N) is 2. The van der Waals surface area contributed by atoms with Crippen LogP contribution in [0.25, 0.3) is 0 Å². The van der Waals surface area contributed by atoms with Crippen molar-refractivity contribution in [2.75, 3.05) is 33.8 Å². The first-order chi connectivity index (χ1) is 14.8. The van der Waals surface area contributed by atoms with E-state index in [1.807, 2.05) is 30.3 Å². The molecule has 0 atom stereocenters. The van der Waals surface area contributed by atoms with Gasteiger partial charge in [0, 0.05) is 20.6 Å². The lowest BCUT2D eigenvalue weighted by atomic mass is 10.2. The van der Waals surface area contributed by atoms with Crippen LogP contribution in [0, 0.1) is 0 Å². The van der Waals surface area contributed by atoms with Gasteiger partial charge in [-0.3, -0.25) is 4.79 Å². The summed E-state index contributed by atoms with van der Waals surface area (Å²) in [5, 5.41) is 11.3. The molecule has 2 aromatic carbocycles. The van der Waals surface area contributed by atoms with Gasteiger partial charge in [0.05, 0.1) is 24.6 Å². The van der Waals surface area contributed by atoms with Crippen molar-refractivity contribution >= 4 is 45.9 Å². The van der Waals surface area contributed by atoms with Crippen molar-refractivity contribution in [1.29, 1.82) is 0 Å². The Balaban J connectivity index is 0.00000512. The Morgan fingerprint density at radius 2 is 1.72 bits per heavy atom. The molecule has 176 valence electrons. The van der Waals surface area contributed by atoms with Crippen LogP contribution in [-0.2, 0) is 21.4 Å². The number of benzene rings is 2. The molecule has 0 unspecified atom stereocenters. The highest BCUT2D eigenvalue weighted by Crippen LogP contribution is 2.10. The fraction of sp³-hybridized carbons (Fsp3) is 0.333. The normalized spacial score (nSPS) is 11.3. The highest BCUT2D eigenvalue weighted by Gasteiger charge is 2.08. The van der Waals surface area contributed by atoms with E-state index < -0.39 is 10.0 Å². The number of sulfonamides is 1. The van der Waals surface area contributed by atoms with Gasteiger partial charge < -0.3 is 20.3 Å². The Hall–Kier alpha value is -2.38. The molecule has 0 heterocycles. The van der Waals surface area contributed by atoms with Crippen LogP contribution in [0.4, 0.5) is 0 Å². The van der Waals surface area contributed by atoms with E-state index in [2.05, 4.69) is 15.6 Å². The number of carbonyl (C=O) groups excluding carboxylic acids is 1. The van der Waals surface area contributed by atoms with E-state index in [9.17, 15) is 13.2 Å². The van der Waals surface area contributed by atoms with Crippen molar-refractivity contribution < 1.29 is 17.9 Å². The number of carbonyl (C=O) groups is 1. The predicted molar refractivity (Wildman–Crippen MR) is 136 cm³/mol. The van der Waals surface area contributed by atoms with Crippen LogP contribution in [0.5, 0.6) is 5.75 Å². The molecule has 2 rings (SSSR count). The zero-order valence-corrected chi connectivity index (χ0v) is 21.3. The fourth-order valence-corrected chi connectivity index (χ4v) is 2.95. The highest BCUT2D eigenvalue weighted by atomic mass is 127. The van der Waals surface area contributed by atoms with Gasteiger partial charge in [-0.15, -0.1) is 24.0 Å². The molecule has 0 saturated heterocycles. The summed E-state index contributed by atoms with van der Waals surface area (Å²) >= 11 is 0. The fourth-order valence-electron chi connectivity index (χ4n) is 2.43. The van der Waals surface area contributed by atoms with E-state index in [0.717, 1.165) is 17.7 Å². The van der Waals surface area contributed by atoms with Crippen molar-refractivity contribution in [2.45, 2.75) is 17.9 Å². The summed E-state index contributed by atoms with van der Waals surface area (Å²) in [6, 6.07) is 15.7. The number of nitrogens with two attached hydrogens (primary N) is 1. The Labute approximate surface area is 206 Å². The number of ether oxygens (including phenoxy) is 1. The molecule has 0 aliphatic heterocycles. The number of guanidine groups is 1. The molecule has 0 radical (unpaired) electrons. The second kappa shape index (κ2) is 13.9. The Bertz CT molecular complexity index is 967. The molecule has 0 fully saturated rings. The van der Waals surface area contributed by atoms with E-state index in [1.54, 1.807) is 26.2 Å². The first-order valence-corrected chi connectivity index (χ1v) is 11.3. The molecular weight excluding hydrogens is 545 g/mol. The number of aliphatic imine (C=N–C) groups is 1. The smallest absolute Gasteiger partial charge is 0.241 e. The van der Waals surface area contributed by atoms with Crippen LogP contribution in [0.3, 0.4) is 0 Å². The number of nitrogens with one attached hydrogen (secondary N) is 2. The molecule has 9 nitrogen and oxygen atoms in total. The summed E-state index contributed by atoms with van der Waals surface area (Å²) in [4.78, 5) is 17.9. The third-order valence-electron chi connectivity index (χ3n) is 4.20. The Morgan fingerprint density at radius 3 is 2.31 bits per heavy atom. The lowest BCUT2D eigenvalue weighted by molar-refractivity contribution is -0.127. The molecule has 1 amide bonds. The molecule has 0 saturated carbocycles. The van der Waals surface area contributed by atoms with Crippen LogP contribution < -0.4 is 20.5 Å². The van der Waals surface area contributed by atoms with Crippen molar-refractivity contribution in [3.63, 3.8) is 0 Å². The van der Waals surface area contributed by atoms with Gasteiger partial charge in [-0.1, -0.05) is 30.3 Å². The minimum absolute atomic E-state index is 0. The van der Waals surface area contributed by atoms with Gasteiger partial charge in [0.15, 0.2) is 5.96 Å². The summed E-state index contributed by atoms with van der Waals surface area (Å²) in [6.45, 7) is 1.54. The largest absolute Gasteiger partial charge is 0.494 e. The highest BCUT2D eigenvalue weighted by molar-refractivity contribution is 14.0. The Morgan fingerprint density at radius 1 is 1.06 bits per heavy atom. The number of halogens is 1. The average molecular weight is 575 g/mol. The van der Waals surface area contributed by atoms with E-state index in [4.69, 9.17) is 9.88 Å². The summed E-state index contributed by atoms with van der Waals surface area (Å²) in [5.41, 5.74) is 0.805. The minimum atomic E-state index is -3.73. The van der Waals surface area contributed by atoms with Gasteiger partial charge in [-0.05, 0) is 36.2 Å². The van der Waals surface area contributed by atoms with Gasteiger partial charge in [-0.25, -0.2) is 18.5 Å². The van der Waals surface area contributed by atoms with Crippen LogP contribution in [0.2, 0.25) is 0 Å². The van der Waals surface area contributed by atoms with Gasteiger partial charge in [0.2, 0.25) is 15.9 Å². The van der Waals surface area contributed by atoms with Gasteiger partial charge in [-0.2, -0.15) is 0 Å². The number of hydrogen-bond donors (Lipinski definition) is 3. The monoisotopic (exact) mass is 575 g/mol. The Kier molecular flexibility index (Phi) is 12.0. The van der Waals surface area contributed by atoms with Gasteiger partial charge >= 0.3 is 0 Å². The average Bonchev–Trinajstić information content (AvgIpc) is 2.75. The van der Waals surface area contributed by atoms with Crippen molar-refractivity contribution in [3.05, 3.63) is 60.2 Å². The second-order valence-corrected chi connectivity index (χ2v) is 8.50. The molecule has 0 aliphatic rings. The van der Waals surface area contributed by atoms with Gasteiger partial charge in [0.1, 0.15) is 5.75 Å². The zero-order chi connectivity index (χ0) is 22.7. The lowest BCUT2D eigenvalue weighted by Crippen LogP contribution is -2.43. The summed E-state index contributed by atoms with van der Waals surface area (Å²) < 4.78 is 28.4. The minimum Gasteiger partial charge on any atom is -0.494 e. The summed E-state index contributed by atoms with van der Waals surface area (Å²) in [5.74, 6) is 1.21. The number of rotatable bonds is 10. The molecule has 0 spiro atoms. The van der Waals surface area contributed by atoms with Crippen LogP contribution in [0.15, 0.2) is 64.5 Å². The molecule has 2 aromatic rings. The predicted octanol–water partition coefficient (Wildman–Crippen LogP) is 1.54. The molecule has 32 heavy (non-hydrogen) atoms. The molecular formula is C21H30IN5O4S. The van der Waals surface area contributed by atoms with Crippen LogP contribution in [0.1, 0.15) is 12.0 Å². The summed E-state index contributed by atoms with van der Waals surface area (Å²) in [7, 11) is -0.364. The number of amides is 1. The number of para-hydroxylation sites is 1. The van der Waals surface area contributed by atoms with Gasteiger partial charge in [0.25, 0.3) is 0 Å². The first kappa shape index (κ1) is 27.7. The van der Waals surface area contributed by atoms with E-state index in [1.165, 1.54) is 17.0 Å². The molecule has 0 aromatic heterocycles. The number of primary sulfonamides is 1. The third-order valence-corrected chi connectivity index (χ3v) is 5.13. The maximum absolute atomic E-state index is 11.9. The third kappa shape index (κ3) is 10.3. The number of hydrogen-bond acceptors (Lipinski definition) is 5. The van der Waals surface area contributed by atoms with Crippen molar-refractivity contribution in [1.82, 2.24) is 15.5 Å². The van der Waals surface area contributed by atoms with E-state index >= 15 is 0 Å². The maximum atomic E-state index is 11.9. The molecule has 4 N–H and O–H groups in total. The topological polar surface area (TPSA) is 126 Å². The van der Waals surface area contributed by atoms with Crippen LogP contribution >= 0.6 is 24.0 Å². The number of likely N-dealkylation sites (N-methyl/N-ethyl adjacent to an activating group) is 1.